The maximum absolute atomic E-state index is 4.02. The Hall–Kier alpha value is 0.350. The Kier molecular flexibility index (Phi) is 3.64. The van der Waals surface area contributed by atoms with Crippen LogP contribution in [0.4, 0.5) is 0 Å². The summed E-state index contributed by atoms with van der Waals surface area (Å²) >= 11 is 1.95. The van der Waals surface area contributed by atoms with Crippen molar-refractivity contribution in [3.05, 3.63) is 6.92 Å². The lowest BCUT2D eigenvalue weighted by Crippen LogP contribution is -2.12. The Morgan fingerprint density at radius 3 is 2.11 bits per heavy atom. The molecule has 9 heavy (non-hydrogen) atoms. The van der Waals surface area contributed by atoms with Crippen molar-refractivity contribution in [3.63, 3.8) is 0 Å². The van der Waals surface area contributed by atoms with Crippen LogP contribution in [0.1, 0.15) is 34.1 Å². The second-order valence-electron chi connectivity index (χ2n) is 3.10. The van der Waals surface area contributed by atoms with Gasteiger partial charge in [0.1, 0.15) is 0 Å². The van der Waals surface area contributed by atoms with Crippen molar-refractivity contribution in [2.75, 3.05) is 0 Å². The van der Waals surface area contributed by atoms with Gasteiger partial charge in [-0.05, 0) is 13.3 Å². The van der Waals surface area contributed by atoms with Gasteiger partial charge in [0, 0.05) is 10.00 Å². The minimum atomic E-state index is 0.190. The highest BCUT2D eigenvalue weighted by Gasteiger charge is 2.13. The average Bonchev–Trinajstić information content (AvgIpc) is 1.62. The van der Waals surface area contributed by atoms with E-state index in [4.69, 9.17) is 0 Å². The molecule has 1 atom stereocenters. The Balaban J connectivity index is 3.47. The highest BCUT2D eigenvalue weighted by Crippen LogP contribution is 2.28. The molecule has 0 nitrogen and oxygen atoms in total. The second-order valence-corrected chi connectivity index (χ2v) is 5.24. The van der Waals surface area contributed by atoms with Crippen LogP contribution in [-0.4, -0.2) is 10.00 Å². The van der Waals surface area contributed by atoms with Gasteiger partial charge in [-0.25, -0.2) is 0 Å². The standard InChI is InChI=1S/C8H17S/c1-6-7(2)9-8(3,4)5/h7H,3,6H2,1-2,4-5H3. The van der Waals surface area contributed by atoms with Crippen molar-refractivity contribution in [2.24, 2.45) is 0 Å². The molecule has 0 rings (SSSR count). The van der Waals surface area contributed by atoms with E-state index in [-0.39, 0.29) is 4.75 Å². The first kappa shape index (κ1) is 9.35. The van der Waals surface area contributed by atoms with Crippen molar-refractivity contribution in [1.29, 1.82) is 0 Å². The van der Waals surface area contributed by atoms with Gasteiger partial charge in [-0.15, -0.1) is 0 Å². The van der Waals surface area contributed by atoms with Gasteiger partial charge >= 0.3 is 0 Å². The fourth-order valence-electron chi connectivity index (χ4n) is 0.628. The molecule has 0 aliphatic heterocycles. The van der Waals surface area contributed by atoms with Crippen molar-refractivity contribution in [1.82, 2.24) is 0 Å². The minimum Gasteiger partial charge on any atom is -0.153 e. The van der Waals surface area contributed by atoms with Crippen LogP contribution in [0.25, 0.3) is 0 Å². The number of hydrogen-bond acceptors (Lipinski definition) is 1. The summed E-state index contributed by atoms with van der Waals surface area (Å²) in [6.45, 7) is 12.8. The first-order valence-electron chi connectivity index (χ1n) is 3.49. The molecule has 0 bridgehead atoms. The van der Waals surface area contributed by atoms with Crippen LogP contribution < -0.4 is 0 Å². The lowest BCUT2D eigenvalue weighted by molar-refractivity contribution is 0.845. The van der Waals surface area contributed by atoms with Crippen molar-refractivity contribution in [3.8, 4) is 0 Å². The Labute approximate surface area is 63.4 Å². The molecule has 0 aromatic rings. The summed E-state index contributed by atoms with van der Waals surface area (Å²) in [4.78, 5) is 0. The fourth-order valence-corrected chi connectivity index (χ4v) is 1.88. The molecule has 0 aromatic carbocycles. The maximum atomic E-state index is 4.02. The zero-order chi connectivity index (χ0) is 7.49. The smallest absolute Gasteiger partial charge is 0.0106 e. The van der Waals surface area contributed by atoms with E-state index in [1.165, 1.54) is 6.42 Å². The van der Waals surface area contributed by atoms with Crippen LogP contribution in [0, 0.1) is 6.92 Å². The van der Waals surface area contributed by atoms with Crippen molar-refractivity contribution >= 4 is 11.8 Å². The maximum Gasteiger partial charge on any atom is 0.0106 e. The third-order valence-corrected chi connectivity index (χ3v) is 2.47. The fraction of sp³-hybridized carbons (Fsp3) is 0.875. The molecular weight excluding hydrogens is 128 g/mol. The first-order valence-corrected chi connectivity index (χ1v) is 4.37. The minimum absolute atomic E-state index is 0.190. The van der Waals surface area contributed by atoms with E-state index in [1.54, 1.807) is 0 Å². The summed E-state index contributed by atoms with van der Waals surface area (Å²) in [6, 6.07) is 0. The van der Waals surface area contributed by atoms with Gasteiger partial charge in [0.05, 0.1) is 0 Å². The van der Waals surface area contributed by atoms with E-state index in [0.29, 0.717) is 0 Å². The normalized spacial score (nSPS) is 15.7. The van der Waals surface area contributed by atoms with E-state index in [9.17, 15) is 0 Å². The molecule has 1 radical (unpaired) electrons. The summed E-state index contributed by atoms with van der Waals surface area (Å²) in [7, 11) is 0. The summed E-state index contributed by atoms with van der Waals surface area (Å²) in [6.07, 6.45) is 1.24. The van der Waals surface area contributed by atoms with Gasteiger partial charge in [0.25, 0.3) is 0 Å². The first-order chi connectivity index (χ1) is 3.95. The van der Waals surface area contributed by atoms with Gasteiger partial charge in [0.15, 0.2) is 0 Å². The lowest BCUT2D eigenvalue weighted by Gasteiger charge is -2.21. The van der Waals surface area contributed by atoms with Crippen molar-refractivity contribution in [2.45, 2.75) is 44.1 Å². The Morgan fingerprint density at radius 2 is 2.00 bits per heavy atom. The summed E-state index contributed by atoms with van der Waals surface area (Å²) in [5, 5.41) is 0.748. The molecule has 0 saturated heterocycles. The third-order valence-electron chi connectivity index (χ3n) is 1.10. The number of rotatable bonds is 3. The molecule has 0 aromatic heterocycles. The van der Waals surface area contributed by atoms with Crippen LogP contribution in [0.15, 0.2) is 0 Å². The van der Waals surface area contributed by atoms with Gasteiger partial charge in [-0.3, -0.25) is 0 Å². The predicted octanol–water partition coefficient (Wildman–Crippen LogP) is 3.13. The topological polar surface area (TPSA) is 0 Å². The van der Waals surface area contributed by atoms with Crippen LogP contribution in [0.2, 0.25) is 0 Å². The lowest BCUT2D eigenvalue weighted by atomic mass is 10.3. The highest BCUT2D eigenvalue weighted by molar-refractivity contribution is 8.01. The quantitative estimate of drug-likeness (QED) is 0.588. The summed E-state index contributed by atoms with van der Waals surface area (Å²) in [5.41, 5.74) is 0. The zero-order valence-corrected chi connectivity index (χ0v) is 7.72. The van der Waals surface area contributed by atoms with Gasteiger partial charge in [0.2, 0.25) is 0 Å². The molecule has 0 saturated carbocycles. The third kappa shape index (κ3) is 6.23. The van der Waals surface area contributed by atoms with E-state index < -0.39 is 0 Å². The summed E-state index contributed by atoms with van der Waals surface area (Å²) in [5.74, 6) is 0. The monoisotopic (exact) mass is 145 g/mol. The zero-order valence-electron chi connectivity index (χ0n) is 6.90. The molecule has 0 amide bonds. The Bertz CT molecular complexity index is 71.1. The average molecular weight is 145 g/mol. The van der Waals surface area contributed by atoms with E-state index in [1.807, 2.05) is 11.8 Å². The van der Waals surface area contributed by atoms with Gasteiger partial charge in [-0.2, -0.15) is 11.8 Å². The molecule has 1 unspecified atom stereocenters. The van der Waals surface area contributed by atoms with Crippen LogP contribution in [0.5, 0.6) is 0 Å². The molecule has 0 heterocycles. The molecule has 1 heteroatoms. The van der Waals surface area contributed by atoms with E-state index in [0.717, 1.165) is 5.25 Å². The van der Waals surface area contributed by atoms with Gasteiger partial charge in [-0.1, -0.05) is 27.7 Å². The molecule has 0 N–H and O–H groups in total. The molecule has 55 valence electrons. The molecule has 0 spiro atoms. The summed E-state index contributed by atoms with van der Waals surface area (Å²) < 4.78 is 0.190. The van der Waals surface area contributed by atoms with E-state index >= 15 is 0 Å². The SMILES string of the molecule is [CH2]C(C)(C)SC(C)CC. The Morgan fingerprint density at radius 1 is 1.56 bits per heavy atom. The number of thioether (sulfide) groups is 1. The molecule has 0 aliphatic rings. The van der Waals surface area contributed by atoms with Gasteiger partial charge < -0.3 is 0 Å². The number of hydrogen-bond donors (Lipinski definition) is 0. The van der Waals surface area contributed by atoms with Crippen LogP contribution in [0.3, 0.4) is 0 Å². The molecule has 0 fully saturated rings. The largest absolute Gasteiger partial charge is 0.153 e. The predicted molar refractivity (Wildman–Crippen MR) is 46.8 cm³/mol. The second kappa shape index (κ2) is 3.50. The molecule has 0 aliphatic carbocycles. The van der Waals surface area contributed by atoms with Crippen molar-refractivity contribution < 1.29 is 0 Å². The molecular formula is C8H17S. The highest BCUT2D eigenvalue weighted by atomic mass is 32.2. The van der Waals surface area contributed by atoms with E-state index in [2.05, 4.69) is 34.6 Å². The van der Waals surface area contributed by atoms with Crippen LogP contribution >= 0.6 is 11.8 Å². The van der Waals surface area contributed by atoms with Crippen LogP contribution in [-0.2, 0) is 0 Å².